The molecular formula is C22H23N3O4S. The van der Waals surface area contributed by atoms with Crippen LogP contribution in [0.25, 0.3) is 11.3 Å². The summed E-state index contributed by atoms with van der Waals surface area (Å²) in [6, 6.07) is 13.4. The Morgan fingerprint density at radius 3 is 2.67 bits per heavy atom. The molecule has 2 aromatic carbocycles. The summed E-state index contributed by atoms with van der Waals surface area (Å²) < 4.78 is 18.7. The maximum atomic E-state index is 12.2. The molecule has 0 saturated heterocycles. The highest BCUT2D eigenvalue weighted by Crippen LogP contribution is 2.34. The molecule has 1 aromatic heterocycles. The van der Waals surface area contributed by atoms with Crippen LogP contribution >= 0.6 is 11.3 Å². The van der Waals surface area contributed by atoms with Crippen LogP contribution in [0.2, 0.25) is 0 Å². The van der Waals surface area contributed by atoms with Crippen LogP contribution in [0.4, 0.5) is 5.69 Å². The summed E-state index contributed by atoms with van der Waals surface area (Å²) in [6.45, 7) is 3.81. The van der Waals surface area contributed by atoms with Gasteiger partial charge in [-0.3, -0.25) is 4.79 Å². The van der Waals surface area contributed by atoms with Gasteiger partial charge in [0.15, 0.2) is 16.3 Å². The molecule has 0 spiro atoms. The predicted molar refractivity (Wildman–Crippen MR) is 116 cm³/mol. The number of benzene rings is 2. The highest BCUT2D eigenvalue weighted by molar-refractivity contribution is 7.07. The molecule has 7 nitrogen and oxygen atoms in total. The minimum absolute atomic E-state index is 0.0969. The minimum Gasteiger partial charge on any atom is -0.494 e. The number of ether oxygens (including phenoxy) is 3. The van der Waals surface area contributed by atoms with E-state index in [-0.39, 0.29) is 12.5 Å². The summed E-state index contributed by atoms with van der Waals surface area (Å²) in [5.41, 5.74) is 2.62. The van der Waals surface area contributed by atoms with Gasteiger partial charge in [0, 0.05) is 18.0 Å². The van der Waals surface area contributed by atoms with Gasteiger partial charge in [0.1, 0.15) is 25.5 Å². The Bertz CT molecular complexity index is 1100. The Kier molecular flexibility index (Phi) is 6.04. The zero-order valence-corrected chi connectivity index (χ0v) is 17.7. The smallest absolute Gasteiger partial charge is 0.239 e. The third-order valence-electron chi connectivity index (χ3n) is 4.59. The molecule has 3 aromatic rings. The quantitative estimate of drug-likeness (QED) is 0.657. The van der Waals surface area contributed by atoms with Crippen molar-refractivity contribution in [3.05, 3.63) is 52.6 Å². The summed E-state index contributed by atoms with van der Waals surface area (Å²) in [7, 11) is 1.63. The van der Waals surface area contributed by atoms with Crippen LogP contribution in [0.1, 0.15) is 6.92 Å². The SMILES string of the molecule is CCOc1ccc(N=c2scc(-c3ccc4c(c3)OCCO4)n2CC(=O)NC)cc1. The number of rotatable bonds is 6. The second-order valence-electron chi connectivity index (χ2n) is 6.56. The maximum absolute atomic E-state index is 12.2. The summed E-state index contributed by atoms with van der Waals surface area (Å²) in [6.07, 6.45) is 0. The van der Waals surface area contributed by atoms with Gasteiger partial charge in [-0.1, -0.05) is 0 Å². The van der Waals surface area contributed by atoms with E-state index < -0.39 is 0 Å². The fraction of sp³-hybridized carbons (Fsp3) is 0.273. The van der Waals surface area contributed by atoms with Crippen LogP contribution in [0.15, 0.2) is 52.8 Å². The van der Waals surface area contributed by atoms with Crippen LogP contribution in [0.5, 0.6) is 17.2 Å². The number of hydrogen-bond acceptors (Lipinski definition) is 6. The molecular weight excluding hydrogens is 402 g/mol. The summed E-state index contributed by atoms with van der Waals surface area (Å²) >= 11 is 1.48. The molecule has 1 aliphatic rings. The molecule has 2 heterocycles. The first-order chi connectivity index (χ1) is 14.7. The minimum atomic E-state index is -0.0969. The van der Waals surface area contributed by atoms with E-state index in [0.29, 0.717) is 25.6 Å². The second kappa shape index (κ2) is 9.04. The van der Waals surface area contributed by atoms with Crippen molar-refractivity contribution in [1.82, 2.24) is 9.88 Å². The molecule has 4 rings (SSSR count). The van der Waals surface area contributed by atoms with Gasteiger partial charge in [-0.05, 0) is 49.4 Å². The average molecular weight is 426 g/mol. The lowest BCUT2D eigenvalue weighted by molar-refractivity contribution is -0.121. The average Bonchev–Trinajstić information content (AvgIpc) is 3.16. The third-order valence-corrected chi connectivity index (χ3v) is 5.45. The van der Waals surface area contributed by atoms with Crippen LogP contribution in [-0.2, 0) is 11.3 Å². The van der Waals surface area contributed by atoms with Crippen molar-refractivity contribution in [3.8, 4) is 28.5 Å². The molecule has 0 unspecified atom stereocenters. The maximum Gasteiger partial charge on any atom is 0.239 e. The Morgan fingerprint density at radius 2 is 1.93 bits per heavy atom. The van der Waals surface area contributed by atoms with Gasteiger partial charge in [-0.25, -0.2) is 4.99 Å². The lowest BCUT2D eigenvalue weighted by Gasteiger charge is -2.19. The molecule has 0 radical (unpaired) electrons. The van der Waals surface area contributed by atoms with E-state index in [2.05, 4.69) is 5.32 Å². The van der Waals surface area contributed by atoms with Gasteiger partial charge in [0.2, 0.25) is 5.91 Å². The number of carbonyl (C=O) groups excluding carboxylic acids is 1. The first kappa shape index (κ1) is 20.0. The summed E-state index contributed by atoms with van der Waals surface area (Å²) in [4.78, 5) is 17.7. The highest BCUT2D eigenvalue weighted by Gasteiger charge is 2.16. The van der Waals surface area contributed by atoms with E-state index in [1.807, 2.05) is 59.3 Å². The monoisotopic (exact) mass is 425 g/mol. The van der Waals surface area contributed by atoms with Crippen molar-refractivity contribution >= 4 is 22.9 Å². The molecule has 8 heteroatoms. The topological polar surface area (TPSA) is 74.1 Å². The zero-order valence-electron chi connectivity index (χ0n) is 16.9. The lowest BCUT2D eigenvalue weighted by Crippen LogP contribution is -2.28. The number of hydrogen-bond donors (Lipinski definition) is 1. The highest BCUT2D eigenvalue weighted by atomic mass is 32.1. The first-order valence-corrected chi connectivity index (χ1v) is 10.6. The molecule has 0 fully saturated rings. The van der Waals surface area contributed by atoms with E-state index in [0.717, 1.165) is 33.2 Å². The Balaban J connectivity index is 1.75. The van der Waals surface area contributed by atoms with Crippen molar-refractivity contribution < 1.29 is 19.0 Å². The lowest BCUT2D eigenvalue weighted by atomic mass is 10.1. The van der Waals surface area contributed by atoms with Crippen molar-refractivity contribution in [1.29, 1.82) is 0 Å². The molecule has 30 heavy (non-hydrogen) atoms. The van der Waals surface area contributed by atoms with E-state index in [1.165, 1.54) is 11.3 Å². The fourth-order valence-electron chi connectivity index (χ4n) is 3.12. The zero-order chi connectivity index (χ0) is 20.9. The van der Waals surface area contributed by atoms with Crippen molar-refractivity contribution in [2.45, 2.75) is 13.5 Å². The molecule has 156 valence electrons. The number of nitrogens with zero attached hydrogens (tertiary/aromatic N) is 2. The predicted octanol–water partition coefficient (Wildman–Crippen LogP) is 3.36. The molecule has 1 amide bonds. The standard InChI is InChI=1S/C22H23N3O4S/c1-3-27-17-7-5-16(6-8-17)24-22-25(13-21(26)23-2)18(14-30-22)15-4-9-19-20(12-15)29-11-10-28-19/h4-9,12,14H,3,10-11,13H2,1-2H3,(H,23,26). The fourth-order valence-corrected chi connectivity index (χ4v) is 4.05. The number of nitrogens with one attached hydrogen (secondary N) is 1. The largest absolute Gasteiger partial charge is 0.494 e. The molecule has 1 N–H and O–H groups in total. The van der Waals surface area contributed by atoms with Crippen molar-refractivity contribution in [2.75, 3.05) is 26.9 Å². The van der Waals surface area contributed by atoms with Gasteiger partial charge < -0.3 is 24.1 Å². The second-order valence-corrected chi connectivity index (χ2v) is 7.40. The molecule has 1 aliphatic heterocycles. The van der Waals surface area contributed by atoms with Crippen molar-refractivity contribution in [2.24, 2.45) is 4.99 Å². The molecule has 0 aliphatic carbocycles. The van der Waals surface area contributed by atoms with E-state index >= 15 is 0 Å². The number of aromatic nitrogens is 1. The Labute approximate surface area is 178 Å². The number of carbonyl (C=O) groups is 1. The van der Waals surface area contributed by atoms with Gasteiger partial charge in [-0.15, -0.1) is 11.3 Å². The van der Waals surface area contributed by atoms with E-state index in [1.54, 1.807) is 7.05 Å². The van der Waals surface area contributed by atoms with Crippen LogP contribution < -0.4 is 24.3 Å². The van der Waals surface area contributed by atoms with Gasteiger partial charge in [-0.2, -0.15) is 0 Å². The number of thiazole rings is 1. The number of amides is 1. The van der Waals surface area contributed by atoms with Gasteiger partial charge in [0.05, 0.1) is 18.0 Å². The molecule has 0 saturated carbocycles. The molecule has 0 bridgehead atoms. The van der Waals surface area contributed by atoms with Crippen molar-refractivity contribution in [3.63, 3.8) is 0 Å². The number of likely N-dealkylation sites (N-methyl/N-ethyl adjacent to an activating group) is 1. The van der Waals surface area contributed by atoms with Gasteiger partial charge in [0.25, 0.3) is 0 Å². The number of fused-ring (bicyclic) bond motifs is 1. The Hall–Kier alpha value is -3.26. The van der Waals surface area contributed by atoms with Crippen LogP contribution in [0, 0.1) is 0 Å². The van der Waals surface area contributed by atoms with Crippen LogP contribution in [0.3, 0.4) is 0 Å². The van der Waals surface area contributed by atoms with E-state index in [4.69, 9.17) is 19.2 Å². The first-order valence-electron chi connectivity index (χ1n) is 9.74. The summed E-state index contributed by atoms with van der Waals surface area (Å²) in [5, 5.41) is 4.69. The Morgan fingerprint density at radius 1 is 1.17 bits per heavy atom. The van der Waals surface area contributed by atoms with E-state index in [9.17, 15) is 4.79 Å². The molecule has 0 atom stereocenters. The third kappa shape index (κ3) is 4.33. The normalized spacial score (nSPS) is 13.2. The van der Waals surface area contributed by atoms with Gasteiger partial charge >= 0.3 is 0 Å². The van der Waals surface area contributed by atoms with Crippen LogP contribution in [-0.4, -0.2) is 37.3 Å². The summed E-state index contributed by atoms with van der Waals surface area (Å²) in [5.74, 6) is 2.15.